The van der Waals surface area contributed by atoms with Crippen molar-refractivity contribution in [2.75, 3.05) is 11.4 Å². The third kappa shape index (κ3) is 1.68. The molecule has 0 saturated heterocycles. The molecule has 1 aromatic carbocycles. The first-order chi connectivity index (χ1) is 9.88. The van der Waals surface area contributed by atoms with Crippen LogP contribution in [0.2, 0.25) is 0 Å². The molecule has 100 valence electrons. The van der Waals surface area contributed by atoms with Crippen molar-refractivity contribution >= 4 is 33.1 Å². The van der Waals surface area contributed by atoms with Gasteiger partial charge in [-0.1, -0.05) is 40.2 Å². The molecule has 0 saturated carbocycles. The molecule has 0 amide bonds. The summed E-state index contributed by atoms with van der Waals surface area (Å²) in [4.78, 5) is 7.16. The molecule has 1 aliphatic rings. The normalized spacial score (nSPS) is 13.9. The van der Waals surface area contributed by atoms with E-state index in [-0.39, 0.29) is 0 Å². The smallest absolute Gasteiger partial charge is 0.156 e. The number of imidazole rings is 1. The quantitative estimate of drug-likeness (QED) is 0.665. The van der Waals surface area contributed by atoms with E-state index in [1.165, 1.54) is 16.9 Å². The number of halogens is 1. The summed E-state index contributed by atoms with van der Waals surface area (Å²) in [6.45, 7) is 1.00. The summed E-state index contributed by atoms with van der Waals surface area (Å²) in [7, 11) is 0. The van der Waals surface area contributed by atoms with Gasteiger partial charge in [0.25, 0.3) is 0 Å². The maximum Gasteiger partial charge on any atom is 0.156 e. The van der Waals surface area contributed by atoms with Crippen molar-refractivity contribution in [2.24, 2.45) is 0 Å². The van der Waals surface area contributed by atoms with Gasteiger partial charge in [-0.05, 0) is 30.2 Å². The second-order valence-corrected chi connectivity index (χ2v) is 5.54. The summed E-state index contributed by atoms with van der Waals surface area (Å²) >= 11 is 3.61. The highest BCUT2D eigenvalue weighted by Crippen LogP contribution is 2.36. The fourth-order valence-electron chi connectivity index (χ4n) is 2.93. The monoisotopic (exact) mass is 327 g/mol. The molecule has 1 aliphatic heterocycles. The minimum absolute atomic E-state index is 0.798. The van der Waals surface area contributed by atoms with Crippen molar-refractivity contribution in [3.63, 3.8) is 0 Å². The van der Waals surface area contributed by atoms with Gasteiger partial charge >= 0.3 is 0 Å². The van der Waals surface area contributed by atoms with Crippen LogP contribution in [0.4, 0.5) is 11.5 Å². The van der Waals surface area contributed by atoms with Gasteiger partial charge in [0.2, 0.25) is 0 Å². The Bertz CT molecular complexity index is 778. The standard InChI is InChI=1S/C16H14BrN3/c17-11-14-16(18-15-7-3-4-9-19(14)15)20-10-8-12-5-1-2-6-13(12)20/h1-7,9H,8,10-11H2. The number of fused-ring (bicyclic) bond motifs is 2. The Morgan fingerprint density at radius 2 is 1.95 bits per heavy atom. The lowest BCUT2D eigenvalue weighted by atomic mass is 10.2. The number of nitrogens with zero attached hydrogens (tertiary/aromatic N) is 3. The van der Waals surface area contributed by atoms with Gasteiger partial charge in [-0.15, -0.1) is 0 Å². The van der Waals surface area contributed by atoms with E-state index in [0.29, 0.717) is 0 Å². The van der Waals surface area contributed by atoms with Crippen molar-refractivity contribution in [2.45, 2.75) is 11.8 Å². The van der Waals surface area contributed by atoms with E-state index in [4.69, 9.17) is 4.98 Å². The number of benzene rings is 1. The van der Waals surface area contributed by atoms with E-state index >= 15 is 0 Å². The minimum atomic E-state index is 0.798. The van der Waals surface area contributed by atoms with Crippen LogP contribution < -0.4 is 4.90 Å². The van der Waals surface area contributed by atoms with Crippen molar-refractivity contribution in [3.8, 4) is 0 Å². The second-order valence-electron chi connectivity index (χ2n) is 4.97. The van der Waals surface area contributed by atoms with Gasteiger partial charge in [-0.25, -0.2) is 4.98 Å². The van der Waals surface area contributed by atoms with E-state index in [2.05, 4.69) is 61.8 Å². The van der Waals surface area contributed by atoms with Gasteiger partial charge in [-0.2, -0.15) is 0 Å². The maximum absolute atomic E-state index is 4.82. The van der Waals surface area contributed by atoms with Crippen LogP contribution in [0.15, 0.2) is 48.7 Å². The first kappa shape index (κ1) is 12.0. The Hall–Kier alpha value is -1.81. The molecular weight excluding hydrogens is 314 g/mol. The van der Waals surface area contributed by atoms with Crippen LogP contribution in [0, 0.1) is 0 Å². The van der Waals surface area contributed by atoms with Gasteiger partial charge in [0.15, 0.2) is 5.82 Å². The topological polar surface area (TPSA) is 20.5 Å². The van der Waals surface area contributed by atoms with Crippen molar-refractivity contribution < 1.29 is 0 Å². The highest BCUT2D eigenvalue weighted by Gasteiger charge is 2.24. The third-order valence-electron chi connectivity index (χ3n) is 3.88. The summed E-state index contributed by atoms with van der Waals surface area (Å²) in [6.07, 6.45) is 3.16. The molecule has 20 heavy (non-hydrogen) atoms. The average Bonchev–Trinajstić information content (AvgIpc) is 3.07. The molecule has 2 aromatic heterocycles. The van der Waals surface area contributed by atoms with Crippen LogP contribution >= 0.6 is 15.9 Å². The van der Waals surface area contributed by atoms with Crippen molar-refractivity contribution in [3.05, 3.63) is 59.9 Å². The Kier molecular flexibility index (Phi) is 2.77. The van der Waals surface area contributed by atoms with E-state index in [0.717, 1.165) is 29.8 Å². The Labute approximate surface area is 126 Å². The predicted octanol–water partition coefficient (Wildman–Crippen LogP) is 3.92. The fraction of sp³-hybridized carbons (Fsp3) is 0.188. The van der Waals surface area contributed by atoms with Gasteiger partial charge in [0, 0.05) is 23.8 Å². The number of rotatable bonds is 2. The predicted molar refractivity (Wildman–Crippen MR) is 85.0 cm³/mol. The molecule has 0 radical (unpaired) electrons. The zero-order chi connectivity index (χ0) is 13.5. The largest absolute Gasteiger partial charge is 0.324 e. The molecule has 0 aliphatic carbocycles. The SMILES string of the molecule is BrCc1c(N2CCc3ccccc32)nc2ccccn12. The molecular formula is C16H14BrN3. The van der Waals surface area contributed by atoms with Gasteiger partial charge in [-0.3, -0.25) is 0 Å². The molecule has 4 heteroatoms. The van der Waals surface area contributed by atoms with Gasteiger partial charge in [0.1, 0.15) is 5.65 Å². The molecule has 0 bridgehead atoms. The summed E-state index contributed by atoms with van der Waals surface area (Å²) in [5.41, 5.74) is 4.90. The number of anilines is 2. The van der Waals surface area contributed by atoms with Crippen LogP contribution in [-0.2, 0) is 11.8 Å². The molecule has 4 rings (SSSR count). The number of aromatic nitrogens is 2. The van der Waals surface area contributed by atoms with Crippen LogP contribution in [0.1, 0.15) is 11.3 Å². The van der Waals surface area contributed by atoms with Crippen LogP contribution in [-0.4, -0.2) is 15.9 Å². The minimum Gasteiger partial charge on any atom is -0.324 e. The summed E-state index contributed by atoms with van der Waals surface area (Å²) < 4.78 is 2.16. The molecule has 3 nitrogen and oxygen atoms in total. The lowest BCUT2D eigenvalue weighted by molar-refractivity contribution is 0.970. The lowest BCUT2D eigenvalue weighted by Gasteiger charge is -2.18. The van der Waals surface area contributed by atoms with E-state index in [9.17, 15) is 0 Å². The van der Waals surface area contributed by atoms with E-state index in [1.54, 1.807) is 0 Å². The zero-order valence-corrected chi connectivity index (χ0v) is 12.5. The number of alkyl halides is 1. The number of hydrogen-bond acceptors (Lipinski definition) is 2. The van der Waals surface area contributed by atoms with Gasteiger partial charge < -0.3 is 9.30 Å². The summed E-state index contributed by atoms with van der Waals surface area (Å²) in [6, 6.07) is 14.7. The van der Waals surface area contributed by atoms with E-state index < -0.39 is 0 Å². The number of pyridine rings is 1. The molecule has 0 atom stereocenters. The lowest BCUT2D eigenvalue weighted by Crippen LogP contribution is -2.15. The first-order valence-corrected chi connectivity index (χ1v) is 7.88. The number of hydrogen-bond donors (Lipinski definition) is 0. The highest BCUT2D eigenvalue weighted by molar-refractivity contribution is 9.08. The molecule has 0 fully saturated rings. The molecule has 3 heterocycles. The molecule has 0 N–H and O–H groups in total. The van der Waals surface area contributed by atoms with Crippen LogP contribution in [0.5, 0.6) is 0 Å². The summed E-state index contributed by atoms with van der Waals surface area (Å²) in [5.74, 6) is 1.07. The van der Waals surface area contributed by atoms with Gasteiger partial charge in [0.05, 0.1) is 5.69 Å². The van der Waals surface area contributed by atoms with Crippen LogP contribution in [0.25, 0.3) is 5.65 Å². The fourth-order valence-corrected chi connectivity index (χ4v) is 3.45. The van der Waals surface area contributed by atoms with Crippen molar-refractivity contribution in [1.29, 1.82) is 0 Å². The van der Waals surface area contributed by atoms with Crippen molar-refractivity contribution in [1.82, 2.24) is 9.38 Å². The molecule has 3 aromatic rings. The zero-order valence-electron chi connectivity index (χ0n) is 11.0. The third-order valence-corrected chi connectivity index (χ3v) is 4.41. The molecule has 0 unspecified atom stereocenters. The highest BCUT2D eigenvalue weighted by atomic mass is 79.9. The Balaban J connectivity index is 1.91. The van der Waals surface area contributed by atoms with Crippen LogP contribution in [0.3, 0.4) is 0 Å². The maximum atomic E-state index is 4.82. The molecule has 0 spiro atoms. The second kappa shape index (κ2) is 4.63. The Morgan fingerprint density at radius 3 is 2.85 bits per heavy atom. The summed E-state index contributed by atoms with van der Waals surface area (Å²) in [5, 5.41) is 0.798. The average molecular weight is 328 g/mol. The first-order valence-electron chi connectivity index (χ1n) is 6.76. The number of para-hydroxylation sites is 1. The van der Waals surface area contributed by atoms with E-state index in [1.807, 2.05) is 12.1 Å². The Morgan fingerprint density at radius 1 is 1.10 bits per heavy atom.